The number of hydrogen-bond donors (Lipinski definition) is 2. The van der Waals surface area contributed by atoms with E-state index in [4.69, 9.17) is 0 Å². The molecule has 0 radical (unpaired) electrons. The number of nitrogens with one attached hydrogen (secondary N) is 2. The largest absolute Gasteiger partial charge is 0.275 e. The standard InChI is InChI=1S/C18H38N4/c1-3-5-6-7-8-9-10-11-12-13-14-15-16-18(4-2)22-17-19-20-21-22/h17-18,20-21H,3-16H2,1-2H3. The van der Waals surface area contributed by atoms with Gasteiger partial charge in [0.2, 0.25) is 0 Å². The zero-order valence-electron chi connectivity index (χ0n) is 14.9. The van der Waals surface area contributed by atoms with Crippen molar-refractivity contribution < 1.29 is 0 Å². The first-order valence-electron chi connectivity index (χ1n) is 9.70. The SMILES string of the molecule is CCCCCCCCCCCCCCC(CC)N1C=NNN1. The van der Waals surface area contributed by atoms with E-state index >= 15 is 0 Å². The Balaban J connectivity index is 1.82. The fourth-order valence-electron chi connectivity index (χ4n) is 3.15. The second kappa shape index (κ2) is 13.9. The first kappa shape index (κ1) is 19.3. The topological polar surface area (TPSA) is 39.7 Å². The zero-order valence-corrected chi connectivity index (χ0v) is 14.9. The van der Waals surface area contributed by atoms with E-state index in [-0.39, 0.29) is 0 Å². The third kappa shape index (κ3) is 9.29. The van der Waals surface area contributed by atoms with Gasteiger partial charge in [-0.2, -0.15) is 5.10 Å². The predicted octanol–water partition coefficient (Wildman–Crippen LogP) is 5.12. The van der Waals surface area contributed by atoms with Gasteiger partial charge in [0.1, 0.15) is 6.34 Å². The van der Waals surface area contributed by atoms with Gasteiger partial charge in [0.05, 0.1) is 0 Å². The summed E-state index contributed by atoms with van der Waals surface area (Å²) in [6, 6.07) is 0.571. The normalized spacial score (nSPS) is 15.3. The van der Waals surface area contributed by atoms with Crippen LogP contribution in [0.5, 0.6) is 0 Å². The molecule has 130 valence electrons. The third-order valence-electron chi connectivity index (χ3n) is 4.68. The first-order valence-corrected chi connectivity index (χ1v) is 9.70. The van der Waals surface area contributed by atoms with Gasteiger partial charge in [-0.05, 0) is 12.8 Å². The van der Waals surface area contributed by atoms with E-state index in [0.29, 0.717) is 6.04 Å². The Labute approximate surface area is 138 Å². The van der Waals surface area contributed by atoms with Crippen molar-refractivity contribution >= 4 is 6.34 Å². The van der Waals surface area contributed by atoms with Crippen molar-refractivity contribution in [3.63, 3.8) is 0 Å². The van der Waals surface area contributed by atoms with Crippen molar-refractivity contribution in [2.45, 2.75) is 110 Å². The maximum atomic E-state index is 3.98. The molecule has 0 aromatic rings. The van der Waals surface area contributed by atoms with Crippen molar-refractivity contribution in [1.82, 2.24) is 16.1 Å². The first-order chi connectivity index (χ1) is 10.9. The van der Waals surface area contributed by atoms with Gasteiger partial charge in [0, 0.05) is 6.04 Å². The predicted molar refractivity (Wildman–Crippen MR) is 96.4 cm³/mol. The lowest BCUT2D eigenvalue weighted by Gasteiger charge is -2.24. The molecule has 0 bridgehead atoms. The Bertz CT molecular complexity index is 268. The number of nitrogens with zero attached hydrogens (tertiary/aromatic N) is 2. The maximum absolute atomic E-state index is 3.98. The summed E-state index contributed by atoms with van der Waals surface area (Å²) < 4.78 is 0. The summed E-state index contributed by atoms with van der Waals surface area (Å²) in [5.74, 6) is 0. The molecular weight excluding hydrogens is 272 g/mol. The van der Waals surface area contributed by atoms with Crippen LogP contribution in [0.3, 0.4) is 0 Å². The molecular formula is C18H38N4. The Morgan fingerprint density at radius 1 is 0.818 bits per heavy atom. The highest BCUT2D eigenvalue weighted by molar-refractivity contribution is 5.55. The fourth-order valence-corrected chi connectivity index (χ4v) is 3.15. The van der Waals surface area contributed by atoms with Crippen LogP contribution in [0.25, 0.3) is 0 Å². The second-order valence-corrected chi connectivity index (χ2v) is 6.62. The molecule has 1 unspecified atom stereocenters. The van der Waals surface area contributed by atoms with E-state index in [0.717, 1.165) is 0 Å². The Kier molecular flexibility index (Phi) is 12.1. The number of unbranched alkanes of at least 4 members (excludes halogenated alkanes) is 11. The van der Waals surface area contributed by atoms with Gasteiger partial charge in [0.25, 0.3) is 0 Å². The smallest absolute Gasteiger partial charge is 0.128 e. The highest BCUT2D eigenvalue weighted by atomic mass is 15.8. The lowest BCUT2D eigenvalue weighted by molar-refractivity contribution is 0.207. The second-order valence-electron chi connectivity index (χ2n) is 6.62. The minimum absolute atomic E-state index is 0.571. The molecule has 0 saturated heterocycles. The van der Waals surface area contributed by atoms with Gasteiger partial charge in [-0.25, -0.2) is 5.53 Å². The van der Waals surface area contributed by atoms with Crippen LogP contribution >= 0.6 is 0 Å². The Hall–Kier alpha value is -0.770. The van der Waals surface area contributed by atoms with Crippen LogP contribution in [0.1, 0.15) is 104 Å². The minimum Gasteiger partial charge on any atom is -0.275 e. The van der Waals surface area contributed by atoms with Crippen LogP contribution in [-0.4, -0.2) is 17.4 Å². The molecule has 0 aromatic heterocycles. The van der Waals surface area contributed by atoms with Gasteiger partial charge in [0.15, 0.2) is 0 Å². The lowest BCUT2D eigenvalue weighted by atomic mass is 10.0. The highest BCUT2D eigenvalue weighted by Gasteiger charge is 2.15. The van der Waals surface area contributed by atoms with E-state index in [1.165, 1.54) is 89.9 Å². The molecule has 0 amide bonds. The highest BCUT2D eigenvalue weighted by Crippen LogP contribution is 2.15. The molecule has 4 nitrogen and oxygen atoms in total. The summed E-state index contributed by atoms with van der Waals surface area (Å²) >= 11 is 0. The third-order valence-corrected chi connectivity index (χ3v) is 4.68. The van der Waals surface area contributed by atoms with Crippen molar-refractivity contribution in [2.75, 3.05) is 0 Å². The molecule has 1 heterocycles. The zero-order chi connectivity index (χ0) is 15.9. The van der Waals surface area contributed by atoms with Crippen molar-refractivity contribution in [3.05, 3.63) is 0 Å². The Morgan fingerprint density at radius 3 is 1.82 bits per heavy atom. The number of hydrazine groups is 2. The van der Waals surface area contributed by atoms with E-state index in [1.54, 1.807) is 0 Å². The molecule has 0 fully saturated rings. The average Bonchev–Trinajstić information content (AvgIpc) is 3.06. The van der Waals surface area contributed by atoms with Crippen molar-refractivity contribution in [3.8, 4) is 0 Å². The summed E-state index contributed by atoms with van der Waals surface area (Å²) in [6.07, 6.45) is 21.3. The van der Waals surface area contributed by atoms with Crippen LogP contribution in [0, 0.1) is 0 Å². The average molecular weight is 311 g/mol. The summed E-state index contributed by atoms with van der Waals surface area (Å²) in [4.78, 5) is 0. The maximum Gasteiger partial charge on any atom is 0.128 e. The molecule has 0 spiro atoms. The van der Waals surface area contributed by atoms with Gasteiger partial charge >= 0.3 is 0 Å². The van der Waals surface area contributed by atoms with Crippen molar-refractivity contribution in [2.24, 2.45) is 5.10 Å². The molecule has 22 heavy (non-hydrogen) atoms. The summed E-state index contributed by atoms with van der Waals surface area (Å²) in [7, 11) is 0. The van der Waals surface area contributed by atoms with Crippen LogP contribution in [0.15, 0.2) is 5.10 Å². The van der Waals surface area contributed by atoms with Crippen molar-refractivity contribution in [1.29, 1.82) is 0 Å². The summed E-state index contributed by atoms with van der Waals surface area (Å²) in [5, 5.41) is 6.08. The quantitative estimate of drug-likeness (QED) is 0.412. The molecule has 4 heteroatoms. The summed E-state index contributed by atoms with van der Waals surface area (Å²) in [6.45, 7) is 4.54. The van der Waals surface area contributed by atoms with E-state index in [1.807, 2.05) is 6.34 Å². The number of hydrogen-bond acceptors (Lipinski definition) is 4. The minimum atomic E-state index is 0.571. The fraction of sp³-hybridized carbons (Fsp3) is 0.944. The van der Waals surface area contributed by atoms with Crippen LogP contribution in [-0.2, 0) is 0 Å². The molecule has 0 saturated carbocycles. The number of rotatable bonds is 15. The van der Waals surface area contributed by atoms with Gasteiger partial charge < -0.3 is 0 Å². The summed E-state index contributed by atoms with van der Waals surface area (Å²) in [5.41, 5.74) is 5.84. The molecule has 2 N–H and O–H groups in total. The molecule has 1 atom stereocenters. The monoisotopic (exact) mass is 310 g/mol. The number of hydrazone groups is 1. The van der Waals surface area contributed by atoms with E-state index in [9.17, 15) is 0 Å². The molecule has 1 aliphatic rings. The Morgan fingerprint density at radius 2 is 1.36 bits per heavy atom. The van der Waals surface area contributed by atoms with Gasteiger partial charge in [-0.1, -0.05) is 90.9 Å². The molecule has 0 aromatic carbocycles. The van der Waals surface area contributed by atoms with Gasteiger partial charge in [-0.15, -0.1) is 5.53 Å². The van der Waals surface area contributed by atoms with Gasteiger partial charge in [-0.3, -0.25) is 5.01 Å². The van der Waals surface area contributed by atoms with Crippen LogP contribution in [0.4, 0.5) is 0 Å². The molecule has 1 aliphatic heterocycles. The molecule has 0 aliphatic carbocycles. The van der Waals surface area contributed by atoms with Crippen LogP contribution < -0.4 is 11.1 Å². The molecule has 1 rings (SSSR count). The van der Waals surface area contributed by atoms with E-state index < -0.39 is 0 Å². The van der Waals surface area contributed by atoms with Crippen LogP contribution in [0.2, 0.25) is 0 Å². The van der Waals surface area contributed by atoms with E-state index in [2.05, 4.69) is 35.0 Å². The lowest BCUT2D eigenvalue weighted by Crippen LogP contribution is -2.44.